The minimum Gasteiger partial charge on any atom is -0.289 e. The molecule has 0 bridgehead atoms. The zero-order chi connectivity index (χ0) is 11.2. The summed E-state index contributed by atoms with van der Waals surface area (Å²) in [5, 5.41) is 11.2. The van der Waals surface area contributed by atoms with Gasteiger partial charge in [-0.15, -0.1) is 10.2 Å². The topological polar surface area (TPSA) is 83.0 Å². The molecule has 2 rings (SSSR count). The average Bonchev–Trinajstić information content (AvgIpc) is 2.30. The highest BCUT2D eigenvalue weighted by molar-refractivity contribution is 5.62. The van der Waals surface area contributed by atoms with Gasteiger partial charge in [-0.2, -0.15) is 5.10 Å². The molecule has 0 fully saturated rings. The van der Waals surface area contributed by atoms with E-state index in [4.69, 9.17) is 0 Å². The molecule has 0 saturated heterocycles. The normalized spacial score (nSPS) is 20.1. The Bertz CT molecular complexity index is 451. The molecule has 0 spiro atoms. The third kappa shape index (κ3) is 3.01. The highest BCUT2D eigenvalue weighted by Gasteiger charge is 2.06. The third-order valence-corrected chi connectivity index (χ3v) is 2.34. The van der Waals surface area contributed by atoms with Gasteiger partial charge in [-0.1, -0.05) is 12.2 Å². The summed E-state index contributed by atoms with van der Waals surface area (Å²) in [5.74, 6) is 0.719. The van der Waals surface area contributed by atoms with Crippen LogP contribution < -0.4 is 11.0 Å². The van der Waals surface area contributed by atoms with E-state index in [9.17, 15) is 4.79 Å². The van der Waals surface area contributed by atoms with Gasteiger partial charge in [-0.25, -0.2) is 5.43 Å². The zero-order valence-corrected chi connectivity index (χ0v) is 8.76. The number of rotatable bonds is 3. The number of allylic oxidation sites excluding steroid dienone is 2. The van der Waals surface area contributed by atoms with Gasteiger partial charge in [0.05, 0.1) is 0 Å². The Kier molecular flexibility index (Phi) is 3.42. The number of H-pyrrole nitrogens is 1. The molecule has 2 N–H and O–H groups in total. The fourth-order valence-electron chi connectivity index (χ4n) is 1.52. The molecule has 1 heterocycles. The van der Waals surface area contributed by atoms with Crippen LogP contribution in [-0.2, 0) is 0 Å². The van der Waals surface area contributed by atoms with Crippen LogP contribution in [0.2, 0.25) is 0 Å². The summed E-state index contributed by atoms with van der Waals surface area (Å²) < 4.78 is 0. The summed E-state index contributed by atoms with van der Waals surface area (Å²) in [7, 11) is 0. The first-order valence-electron chi connectivity index (χ1n) is 5.21. The van der Waals surface area contributed by atoms with Crippen LogP contribution in [-0.4, -0.2) is 21.4 Å². The van der Waals surface area contributed by atoms with Crippen LogP contribution in [0.3, 0.4) is 0 Å². The van der Waals surface area contributed by atoms with E-state index in [0.717, 1.165) is 25.5 Å². The molecule has 84 valence electrons. The van der Waals surface area contributed by atoms with E-state index in [1.165, 1.54) is 0 Å². The summed E-state index contributed by atoms with van der Waals surface area (Å²) in [4.78, 5) is 13.4. The number of nitrogens with one attached hydrogen (secondary N) is 2. The van der Waals surface area contributed by atoms with Crippen molar-refractivity contribution in [2.75, 3.05) is 5.43 Å². The Morgan fingerprint density at radius 2 is 2.50 bits per heavy atom. The minimum absolute atomic E-state index is 0.259. The molecule has 0 aromatic carbocycles. The number of aromatic amines is 1. The van der Waals surface area contributed by atoms with E-state index in [2.05, 4.69) is 37.9 Å². The van der Waals surface area contributed by atoms with Gasteiger partial charge in [0.15, 0.2) is 0 Å². The summed E-state index contributed by atoms with van der Waals surface area (Å²) in [6.07, 6.45) is 10.5. The third-order valence-electron chi connectivity index (χ3n) is 2.34. The highest BCUT2D eigenvalue weighted by atomic mass is 16.1. The molecule has 16 heavy (non-hydrogen) atoms. The van der Waals surface area contributed by atoms with Crippen LogP contribution >= 0.6 is 0 Å². The molecular weight excluding hydrogens is 206 g/mol. The number of aromatic nitrogens is 3. The van der Waals surface area contributed by atoms with E-state index >= 15 is 0 Å². The lowest BCUT2D eigenvalue weighted by Crippen LogP contribution is -2.11. The van der Waals surface area contributed by atoms with Crippen molar-refractivity contribution in [3.63, 3.8) is 0 Å². The van der Waals surface area contributed by atoms with Gasteiger partial charge in [-0.05, 0) is 25.2 Å². The molecule has 1 aromatic heterocycles. The van der Waals surface area contributed by atoms with Crippen molar-refractivity contribution in [3.8, 4) is 0 Å². The summed E-state index contributed by atoms with van der Waals surface area (Å²) in [6, 6.07) is 0. The molecule has 0 saturated carbocycles. The van der Waals surface area contributed by atoms with Crippen molar-refractivity contribution in [2.45, 2.75) is 19.3 Å². The molecule has 6 nitrogen and oxygen atoms in total. The fraction of sp³-hybridized carbons (Fsp3) is 0.400. The number of nitrogens with zero attached hydrogens (tertiary/aromatic N) is 3. The minimum atomic E-state index is -0.298. The van der Waals surface area contributed by atoms with Crippen molar-refractivity contribution < 1.29 is 0 Å². The predicted molar refractivity (Wildman–Crippen MR) is 61.2 cm³/mol. The van der Waals surface area contributed by atoms with Crippen molar-refractivity contribution in [1.82, 2.24) is 15.2 Å². The van der Waals surface area contributed by atoms with E-state index in [0.29, 0.717) is 5.92 Å². The van der Waals surface area contributed by atoms with E-state index in [-0.39, 0.29) is 11.5 Å². The molecule has 0 radical (unpaired) electrons. The van der Waals surface area contributed by atoms with Crippen molar-refractivity contribution >= 4 is 12.2 Å². The maximum atomic E-state index is 10.9. The second-order valence-electron chi connectivity index (χ2n) is 3.62. The smallest absolute Gasteiger partial charge is 0.271 e. The summed E-state index contributed by atoms with van der Waals surface area (Å²) in [6.45, 7) is 0. The maximum absolute atomic E-state index is 10.9. The second kappa shape index (κ2) is 5.20. The van der Waals surface area contributed by atoms with Gasteiger partial charge in [0.1, 0.15) is 6.20 Å². The standard InChI is InChI=1S/C10H13N5O/c16-9-7-12-15-10(13-9)14-11-6-8-4-2-1-3-5-8/h1-2,6-8H,3-5H2,(H2,13,14,15,16)/t8-/m1/s1. The summed E-state index contributed by atoms with van der Waals surface area (Å²) in [5.41, 5.74) is 2.35. The summed E-state index contributed by atoms with van der Waals surface area (Å²) >= 11 is 0. The van der Waals surface area contributed by atoms with Crippen LogP contribution in [0.25, 0.3) is 0 Å². The van der Waals surface area contributed by atoms with E-state index in [1.807, 2.05) is 6.21 Å². The molecule has 6 heteroatoms. The quantitative estimate of drug-likeness (QED) is 0.450. The molecular formula is C10H13N5O. The maximum Gasteiger partial charge on any atom is 0.271 e. The van der Waals surface area contributed by atoms with Crippen molar-refractivity contribution in [1.29, 1.82) is 0 Å². The number of anilines is 1. The van der Waals surface area contributed by atoms with Crippen molar-refractivity contribution in [3.05, 3.63) is 28.7 Å². The Balaban J connectivity index is 1.89. The molecule has 0 amide bonds. The van der Waals surface area contributed by atoms with Gasteiger partial charge < -0.3 is 0 Å². The number of hydrogen-bond acceptors (Lipinski definition) is 5. The number of hydrazone groups is 1. The van der Waals surface area contributed by atoms with Gasteiger partial charge >= 0.3 is 0 Å². The van der Waals surface area contributed by atoms with Gasteiger partial charge in [0.2, 0.25) is 5.95 Å². The van der Waals surface area contributed by atoms with E-state index in [1.54, 1.807) is 0 Å². The first kappa shape index (κ1) is 10.5. The van der Waals surface area contributed by atoms with E-state index < -0.39 is 0 Å². The monoisotopic (exact) mass is 219 g/mol. The average molecular weight is 219 g/mol. The van der Waals surface area contributed by atoms with Crippen LogP contribution in [0.4, 0.5) is 5.95 Å². The number of hydrogen-bond donors (Lipinski definition) is 2. The van der Waals surface area contributed by atoms with Crippen LogP contribution in [0.1, 0.15) is 19.3 Å². The Labute approximate surface area is 92.5 Å². The Morgan fingerprint density at radius 3 is 3.25 bits per heavy atom. The van der Waals surface area contributed by atoms with Crippen LogP contribution in [0, 0.1) is 5.92 Å². The first-order chi connectivity index (χ1) is 7.84. The zero-order valence-electron chi connectivity index (χ0n) is 8.76. The Morgan fingerprint density at radius 1 is 1.56 bits per heavy atom. The molecule has 0 aliphatic heterocycles. The fourth-order valence-corrected chi connectivity index (χ4v) is 1.52. The van der Waals surface area contributed by atoms with Gasteiger partial charge in [0, 0.05) is 6.21 Å². The lowest BCUT2D eigenvalue weighted by molar-refractivity contribution is 0.627. The largest absolute Gasteiger partial charge is 0.289 e. The predicted octanol–water partition coefficient (Wildman–Crippen LogP) is 0.919. The molecule has 0 unspecified atom stereocenters. The van der Waals surface area contributed by atoms with Gasteiger partial charge in [0.25, 0.3) is 5.56 Å². The molecule has 1 aliphatic carbocycles. The lowest BCUT2D eigenvalue weighted by Gasteiger charge is -2.11. The lowest BCUT2D eigenvalue weighted by atomic mass is 9.96. The van der Waals surface area contributed by atoms with Crippen molar-refractivity contribution in [2.24, 2.45) is 11.0 Å². The second-order valence-corrected chi connectivity index (χ2v) is 3.62. The highest BCUT2D eigenvalue weighted by Crippen LogP contribution is 2.15. The SMILES string of the molecule is O=c1cnnc(NN=C[C@@H]2CC=CCC2)[nH]1. The van der Waals surface area contributed by atoms with Crippen LogP contribution in [0.5, 0.6) is 0 Å². The molecule has 1 atom stereocenters. The first-order valence-corrected chi connectivity index (χ1v) is 5.21. The van der Waals surface area contributed by atoms with Crippen LogP contribution in [0.15, 0.2) is 28.2 Å². The molecule has 1 aliphatic rings. The molecule has 1 aromatic rings. The van der Waals surface area contributed by atoms with Gasteiger partial charge in [-0.3, -0.25) is 9.78 Å². The Hall–Kier alpha value is -1.98.